The summed E-state index contributed by atoms with van der Waals surface area (Å²) in [5.41, 5.74) is -0.971. The number of methoxy groups -OCH3 is 1. The molecule has 1 aromatic carbocycles. The van der Waals surface area contributed by atoms with Crippen LogP contribution in [0.5, 0.6) is 5.75 Å². The van der Waals surface area contributed by atoms with Crippen molar-refractivity contribution in [2.24, 2.45) is 0 Å². The number of ether oxygens (including phenoxy) is 1. The van der Waals surface area contributed by atoms with Gasteiger partial charge in [-0.15, -0.1) is 0 Å². The zero-order chi connectivity index (χ0) is 11.6. The highest BCUT2D eigenvalue weighted by Gasteiger charge is 2.33. The fourth-order valence-corrected chi connectivity index (χ4v) is 1.21. The third kappa shape index (κ3) is 2.65. The van der Waals surface area contributed by atoms with Crippen LogP contribution in [0.25, 0.3) is 5.57 Å². The Kier molecular flexibility index (Phi) is 3.29. The number of rotatable bonds is 2. The number of benzene rings is 1. The summed E-state index contributed by atoms with van der Waals surface area (Å²) in [5.74, 6) is 0.194. The van der Waals surface area contributed by atoms with Crippen LogP contribution < -0.4 is 4.74 Å². The minimum Gasteiger partial charge on any atom is -0.495 e. The number of halogens is 4. The molecule has 5 heteroatoms. The van der Waals surface area contributed by atoms with E-state index in [1.807, 2.05) is 0 Å². The van der Waals surface area contributed by atoms with Gasteiger partial charge in [-0.3, -0.25) is 0 Å². The molecule has 0 unspecified atom stereocenters. The zero-order valence-electron chi connectivity index (χ0n) is 7.86. The summed E-state index contributed by atoms with van der Waals surface area (Å²) in [6, 6.07) is 3.80. The molecule has 0 spiro atoms. The van der Waals surface area contributed by atoms with Crippen LogP contribution in [-0.4, -0.2) is 13.3 Å². The van der Waals surface area contributed by atoms with Gasteiger partial charge >= 0.3 is 6.18 Å². The second kappa shape index (κ2) is 4.14. The predicted octanol–water partition coefficient (Wildman–Crippen LogP) is 3.92. The summed E-state index contributed by atoms with van der Waals surface area (Å²) in [5, 5.41) is 0.260. The summed E-state index contributed by atoms with van der Waals surface area (Å²) in [7, 11) is 1.33. The van der Waals surface area contributed by atoms with Crippen LogP contribution in [0.2, 0.25) is 5.02 Å². The Morgan fingerprint density at radius 2 is 2.00 bits per heavy atom. The quantitative estimate of drug-likeness (QED) is 0.756. The van der Waals surface area contributed by atoms with Crippen molar-refractivity contribution in [1.82, 2.24) is 0 Å². The number of allylic oxidation sites excluding steroid dienone is 1. The second-order valence-corrected chi connectivity index (χ2v) is 3.23. The molecule has 1 rings (SSSR count). The van der Waals surface area contributed by atoms with Crippen LogP contribution in [0, 0.1) is 0 Å². The molecular weight excluding hydrogens is 229 g/mol. The van der Waals surface area contributed by atoms with Crippen molar-refractivity contribution >= 4 is 17.2 Å². The summed E-state index contributed by atoms with van der Waals surface area (Å²) in [6.45, 7) is 2.98. The van der Waals surface area contributed by atoms with Crippen molar-refractivity contribution in [3.63, 3.8) is 0 Å². The number of hydrogen-bond acceptors (Lipinski definition) is 1. The van der Waals surface area contributed by atoms with Gasteiger partial charge in [0.15, 0.2) is 0 Å². The first-order chi connectivity index (χ1) is 6.86. The average molecular weight is 237 g/mol. The minimum absolute atomic E-state index is 0.0521. The summed E-state index contributed by atoms with van der Waals surface area (Å²) >= 11 is 5.68. The zero-order valence-corrected chi connectivity index (χ0v) is 8.62. The molecule has 0 aliphatic rings. The van der Waals surface area contributed by atoms with E-state index in [0.717, 1.165) is 0 Å². The lowest BCUT2D eigenvalue weighted by atomic mass is 10.1. The topological polar surface area (TPSA) is 9.23 Å². The van der Waals surface area contributed by atoms with Crippen LogP contribution in [0.15, 0.2) is 24.8 Å². The molecule has 0 aliphatic heterocycles. The molecule has 0 saturated carbocycles. The lowest BCUT2D eigenvalue weighted by Crippen LogP contribution is -2.09. The Morgan fingerprint density at radius 3 is 2.47 bits per heavy atom. The highest BCUT2D eigenvalue weighted by Crippen LogP contribution is 2.35. The van der Waals surface area contributed by atoms with Crippen molar-refractivity contribution in [2.45, 2.75) is 6.18 Å². The van der Waals surface area contributed by atoms with Crippen LogP contribution in [0.3, 0.4) is 0 Å². The molecule has 0 atom stereocenters. The van der Waals surface area contributed by atoms with Crippen LogP contribution >= 0.6 is 11.6 Å². The third-order valence-corrected chi connectivity index (χ3v) is 2.15. The molecule has 0 fully saturated rings. The van der Waals surface area contributed by atoms with Gasteiger partial charge in [-0.2, -0.15) is 13.2 Å². The van der Waals surface area contributed by atoms with Crippen molar-refractivity contribution < 1.29 is 17.9 Å². The molecule has 82 valence electrons. The van der Waals surface area contributed by atoms with Crippen LogP contribution in [0.1, 0.15) is 5.56 Å². The van der Waals surface area contributed by atoms with Crippen LogP contribution in [0.4, 0.5) is 13.2 Å². The van der Waals surface area contributed by atoms with E-state index in [9.17, 15) is 13.2 Å². The highest BCUT2D eigenvalue weighted by atomic mass is 35.5. The average Bonchev–Trinajstić information content (AvgIpc) is 2.16. The van der Waals surface area contributed by atoms with E-state index < -0.39 is 11.7 Å². The first-order valence-electron chi connectivity index (χ1n) is 3.96. The molecule has 15 heavy (non-hydrogen) atoms. The number of alkyl halides is 3. The maximum absolute atomic E-state index is 12.3. The van der Waals surface area contributed by atoms with Gasteiger partial charge in [0.2, 0.25) is 0 Å². The normalized spacial score (nSPS) is 11.3. The van der Waals surface area contributed by atoms with Crippen molar-refractivity contribution in [3.05, 3.63) is 35.4 Å². The summed E-state index contributed by atoms with van der Waals surface area (Å²) in [6.07, 6.45) is -4.45. The Hall–Kier alpha value is -1.16. The SMILES string of the molecule is C=C(c1ccc(Cl)c(OC)c1)C(F)(F)F. The van der Waals surface area contributed by atoms with Crippen molar-refractivity contribution in [2.75, 3.05) is 7.11 Å². The minimum atomic E-state index is -4.45. The Labute approximate surface area is 90.1 Å². The lowest BCUT2D eigenvalue weighted by Gasteiger charge is -2.11. The van der Waals surface area contributed by atoms with E-state index in [-0.39, 0.29) is 16.3 Å². The van der Waals surface area contributed by atoms with Gasteiger partial charge in [-0.05, 0) is 17.7 Å². The molecule has 0 amide bonds. The van der Waals surface area contributed by atoms with E-state index >= 15 is 0 Å². The summed E-state index contributed by atoms with van der Waals surface area (Å²) < 4.78 is 41.7. The van der Waals surface area contributed by atoms with E-state index in [1.165, 1.54) is 25.3 Å². The molecular formula is C10H8ClF3O. The van der Waals surface area contributed by atoms with E-state index in [0.29, 0.717) is 0 Å². The van der Waals surface area contributed by atoms with Gasteiger partial charge in [0, 0.05) is 0 Å². The monoisotopic (exact) mass is 236 g/mol. The maximum Gasteiger partial charge on any atom is 0.416 e. The van der Waals surface area contributed by atoms with Crippen molar-refractivity contribution in [1.29, 1.82) is 0 Å². The second-order valence-electron chi connectivity index (χ2n) is 2.83. The van der Waals surface area contributed by atoms with Gasteiger partial charge in [0.1, 0.15) is 5.75 Å². The van der Waals surface area contributed by atoms with E-state index in [2.05, 4.69) is 6.58 Å². The highest BCUT2D eigenvalue weighted by molar-refractivity contribution is 6.32. The lowest BCUT2D eigenvalue weighted by molar-refractivity contribution is -0.0686. The predicted molar refractivity (Wildman–Crippen MR) is 53.1 cm³/mol. The molecule has 1 aromatic rings. The first kappa shape index (κ1) is 11.9. The third-order valence-electron chi connectivity index (χ3n) is 1.84. The molecule has 1 nitrogen and oxygen atoms in total. The van der Waals surface area contributed by atoms with E-state index in [4.69, 9.17) is 16.3 Å². The number of hydrogen-bond donors (Lipinski definition) is 0. The first-order valence-corrected chi connectivity index (χ1v) is 4.34. The van der Waals surface area contributed by atoms with Gasteiger partial charge in [0.05, 0.1) is 17.7 Å². The Balaban J connectivity index is 3.12. The van der Waals surface area contributed by atoms with Gasteiger partial charge < -0.3 is 4.74 Å². The van der Waals surface area contributed by atoms with Gasteiger partial charge in [-0.25, -0.2) is 0 Å². The fraction of sp³-hybridized carbons (Fsp3) is 0.200. The molecule has 0 aliphatic carbocycles. The molecule has 0 N–H and O–H groups in total. The van der Waals surface area contributed by atoms with Gasteiger partial charge in [-0.1, -0.05) is 24.2 Å². The van der Waals surface area contributed by atoms with Crippen LogP contribution in [-0.2, 0) is 0 Å². The molecule has 0 saturated heterocycles. The molecule has 0 aromatic heterocycles. The largest absolute Gasteiger partial charge is 0.495 e. The molecule has 0 radical (unpaired) electrons. The van der Waals surface area contributed by atoms with E-state index in [1.54, 1.807) is 0 Å². The van der Waals surface area contributed by atoms with Gasteiger partial charge in [0.25, 0.3) is 0 Å². The smallest absolute Gasteiger partial charge is 0.416 e. The fourth-order valence-electron chi connectivity index (χ4n) is 1.01. The maximum atomic E-state index is 12.3. The molecule has 0 bridgehead atoms. The Morgan fingerprint density at radius 1 is 1.40 bits per heavy atom. The molecule has 0 heterocycles. The standard InChI is InChI=1S/C10H8ClF3O/c1-6(10(12,13)14)7-3-4-8(11)9(5-7)15-2/h3-5H,1H2,2H3. The summed E-state index contributed by atoms with van der Waals surface area (Å²) in [4.78, 5) is 0. The van der Waals surface area contributed by atoms with Crippen molar-refractivity contribution in [3.8, 4) is 5.75 Å². The Bertz CT molecular complexity index is 385.